The molecule has 6 rings (SSSR count). The van der Waals surface area contributed by atoms with Gasteiger partial charge in [0.25, 0.3) is 8.53 Å². The first kappa shape index (κ1) is 41.4. The van der Waals surface area contributed by atoms with Crippen LogP contribution in [-0.2, 0) is 19.4 Å². The number of fused-ring (bicyclic) bond motifs is 2. The van der Waals surface area contributed by atoms with Gasteiger partial charge in [-0.1, -0.05) is 115 Å². The van der Waals surface area contributed by atoms with Gasteiger partial charge in [0.2, 0.25) is 0 Å². The molecule has 0 radical (unpaired) electrons. The standard InChI is InChI=1S/C49H51N2O5P/c1-36(2)51(37(3)4)57(55-33-15-32-50)56-45(20-14-23-48-46-21-12-10-16-38(46)34-39-17-11-13-22-47(39)48)35-54-49(40-18-8-7-9-19-40,41-24-28-43(52-5)29-25-41)42-26-30-44(53-6)31-27-42/h7-13,16-19,21-22,24-31,34,36-37,45H,15,20,33,35H2,1-6H3/t45-,57?/m0/s1. The Kier molecular flexibility index (Phi) is 14.3. The van der Waals surface area contributed by atoms with Crippen molar-refractivity contribution in [2.75, 3.05) is 27.4 Å². The Morgan fingerprint density at radius 2 is 1.18 bits per heavy atom. The average molecular weight is 779 g/mol. The van der Waals surface area contributed by atoms with Gasteiger partial charge in [-0.2, -0.15) is 5.26 Å². The number of benzene rings is 6. The van der Waals surface area contributed by atoms with Crippen LogP contribution < -0.4 is 9.47 Å². The second-order valence-electron chi connectivity index (χ2n) is 14.3. The van der Waals surface area contributed by atoms with Crippen LogP contribution in [0.25, 0.3) is 21.5 Å². The molecule has 0 heterocycles. The van der Waals surface area contributed by atoms with E-state index in [9.17, 15) is 5.26 Å². The van der Waals surface area contributed by atoms with Gasteiger partial charge in [-0.25, -0.2) is 4.67 Å². The lowest BCUT2D eigenvalue weighted by atomic mass is 9.80. The summed E-state index contributed by atoms with van der Waals surface area (Å²) >= 11 is 0. The highest BCUT2D eigenvalue weighted by atomic mass is 31.2. The SMILES string of the molecule is COc1ccc(C(OC[C@H](CC#Cc2c3ccccc3cc3ccccc23)OP(OCCC#N)N(C(C)C)C(C)C)(c2ccccc2)c2ccc(OC)cc2)cc1. The van der Waals surface area contributed by atoms with Crippen LogP contribution in [0.15, 0.2) is 133 Å². The molecule has 6 aromatic rings. The van der Waals surface area contributed by atoms with Crippen molar-refractivity contribution >= 4 is 30.1 Å². The van der Waals surface area contributed by atoms with Crippen LogP contribution in [0.4, 0.5) is 0 Å². The van der Waals surface area contributed by atoms with Gasteiger partial charge in [-0.3, -0.25) is 0 Å². The van der Waals surface area contributed by atoms with E-state index in [1.165, 1.54) is 0 Å². The minimum absolute atomic E-state index is 0.120. The summed E-state index contributed by atoms with van der Waals surface area (Å²) in [5.41, 5.74) is 2.72. The van der Waals surface area contributed by atoms with Gasteiger partial charge in [0.1, 0.15) is 17.1 Å². The average Bonchev–Trinajstić information content (AvgIpc) is 3.24. The van der Waals surface area contributed by atoms with E-state index in [0.717, 1.165) is 55.3 Å². The topological polar surface area (TPSA) is 73.2 Å². The third-order valence-corrected chi connectivity index (χ3v) is 12.1. The van der Waals surface area contributed by atoms with Crippen LogP contribution in [0.3, 0.4) is 0 Å². The fraction of sp³-hybridized carbons (Fsp3) is 0.286. The zero-order valence-corrected chi connectivity index (χ0v) is 34.5. The second-order valence-corrected chi connectivity index (χ2v) is 15.7. The number of rotatable bonds is 17. The molecule has 57 heavy (non-hydrogen) atoms. The fourth-order valence-electron chi connectivity index (χ4n) is 7.24. The van der Waals surface area contributed by atoms with Gasteiger partial charge in [0.15, 0.2) is 0 Å². The number of nitriles is 1. The van der Waals surface area contributed by atoms with Gasteiger partial charge in [-0.05, 0) is 96.3 Å². The molecule has 0 fully saturated rings. The number of methoxy groups -OCH3 is 2. The summed E-state index contributed by atoms with van der Waals surface area (Å²) in [7, 11) is 1.73. The van der Waals surface area contributed by atoms with E-state index < -0.39 is 20.2 Å². The van der Waals surface area contributed by atoms with Crippen molar-refractivity contribution in [2.24, 2.45) is 0 Å². The highest BCUT2D eigenvalue weighted by Gasteiger charge is 2.39. The molecule has 0 bridgehead atoms. The Morgan fingerprint density at radius 3 is 1.68 bits per heavy atom. The Morgan fingerprint density at radius 1 is 0.667 bits per heavy atom. The summed E-state index contributed by atoms with van der Waals surface area (Å²) in [6.45, 7) is 8.97. The molecule has 0 amide bonds. The van der Waals surface area contributed by atoms with Crippen molar-refractivity contribution in [1.82, 2.24) is 4.67 Å². The first-order valence-electron chi connectivity index (χ1n) is 19.4. The van der Waals surface area contributed by atoms with E-state index in [2.05, 4.69) is 141 Å². The van der Waals surface area contributed by atoms with E-state index in [-0.39, 0.29) is 31.7 Å². The van der Waals surface area contributed by atoms with Crippen LogP contribution in [0.5, 0.6) is 11.5 Å². The maximum Gasteiger partial charge on any atom is 0.259 e. The quantitative estimate of drug-likeness (QED) is 0.0300. The van der Waals surface area contributed by atoms with Crippen molar-refractivity contribution in [1.29, 1.82) is 5.26 Å². The molecule has 6 aromatic carbocycles. The predicted molar refractivity (Wildman–Crippen MR) is 231 cm³/mol. The molecule has 292 valence electrons. The monoisotopic (exact) mass is 778 g/mol. The van der Waals surface area contributed by atoms with Crippen LogP contribution in [0, 0.1) is 23.2 Å². The molecule has 0 aliphatic heterocycles. The van der Waals surface area contributed by atoms with E-state index in [4.69, 9.17) is 23.3 Å². The molecule has 0 aliphatic carbocycles. The molecule has 0 aliphatic rings. The number of hydrogen-bond donors (Lipinski definition) is 0. The van der Waals surface area contributed by atoms with E-state index in [0.29, 0.717) is 6.42 Å². The van der Waals surface area contributed by atoms with Crippen LogP contribution >= 0.6 is 8.53 Å². The molecule has 0 aromatic heterocycles. The summed E-state index contributed by atoms with van der Waals surface area (Å²) in [5, 5.41) is 13.9. The minimum atomic E-state index is -1.60. The Labute approximate surface area is 339 Å². The molecule has 1 unspecified atom stereocenters. The molecule has 0 N–H and O–H groups in total. The van der Waals surface area contributed by atoms with Gasteiger partial charge in [-0.15, -0.1) is 0 Å². The van der Waals surface area contributed by atoms with Crippen molar-refractivity contribution < 1.29 is 23.3 Å². The maximum absolute atomic E-state index is 9.43. The predicted octanol–water partition coefficient (Wildman–Crippen LogP) is 11.4. The van der Waals surface area contributed by atoms with Crippen molar-refractivity contribution in [3.8, 4) is 29.4 Å². The second kappa shape index (κ2) is 19.8. The molecular formula is C49H51N2O5P. The van der Waals surface area contributed by atoms with Crippen LogP contribution in [0.2, 0.25) is 0 Å². The smallest absolute Gasteiger partial charge is 0.259 e. The lowest BCUT2D eigenvalue weighted by Gasteiger charge is -2.39. The normalized spacial score (nSPS) is 12.7. The minimum Gasteiger partial charge on any atom is -0.497 e. The van der Waals surface area contributed by atoms with E-state index in [1.54, 1.807) is 14.2 Å². The van der Waals surface area contributed by atoms with Gasteiger partial charge in [0.05, 0.1) is 46.0 Å². The summed E-state index contributed by atoms with van der Waals surface area (Å²) in [6, 6.07) is 47.7. The van der Waals surface area contributed by atoms with Crippen LogP contribution in [-0.4, -0.2) is 50.3 Å². The largest absolute Gasteiger partial charge is 0.497 e. The number of nitrogens with zero attached hydrogens (tertiary/aromatic N) is 2. The van der Waals surface area contributed by atoms with Crippen molar-refractivity contribution in [3.63, 3.8) is 0 Å². The number of ether oxygens (including phenoxy) is 3. The molecule has 8 heteroatoms. The van der Waals surface area contributed by atoms with Gasteiger partial charge < -0.3 is 23.3 Å². The highest BCUT2D eigenvalue weighted by molar-refractivity contribution is 7.44. The number of hydrogen-bond acceptors (Lipinski definition) is 7. The van der Waals surface area contributed by atoms with Gasteiger partial charge >= 0.3 is 0 Å². The van der Waals surface area contributed by atoms with Crippen LogP contribution in [0.1, 0.15) is 62.8 Å². The Hall–Kier alpha value is -5.24. The maximum atomic E-state index is 9.43. The fourth-order valence-corrected chi connectivity index (χ4v) is 8.94. The zero-order valence-electron chi connectivity index (χ0n) is 33.6. The van der Waals surface area contributed by atoms with E-state index >= 15 is 0 Å². The Bertz CT molecular complexity index is 2200. The zero-order chi connectivity index (χ0) is 40.2. The molecule has 2 atom stereocenters. The lowest BCUT2D eigenvalue weighted by Crippen LogP contribution is -2.38. The highest BCUT2D eigenvalue weighted by Crippen LogP contribution is 2.48. The first-order chi connectivity index (χ1) is 27.8. The van der Waals surface area contributed by atoms with Gasteiger partial charge in [0, 0.05) is 24.1 Å². The summed E-state index contributed by atoms with van der Waals surface area (Å²) in [4.78, 5) is 0. The molecule has 7 nitrogen and oxygen atoms in total. The third kappa shape index (κ3) is 9.66. The summed E-state index contributed by atoms with van der Waals surface area (Å²) < 4.78 is 34.3. The third-order valence-electron chi connectivity index (χ3n) is 9.88. The lowest BCUT2D eigenvalue weighted by molar-refractivity contribution is -0.0328. The summed E-state index contributed by atoms with van der Waals surface area (Å²) in [6.07, 6.45) is 0.0949. The first-order valence-corrected chi connectivity index (χ1v) is 20.5. The molecule has 0 saturated carbocycles. The van der Waals surface area contributed by atoms with Crippen molar-refractivity contribution in [3.05, 3.63) is 156 Å². The molecule has 0 spiro atoms. The van der Waals surface area contributed by atoms with Crippen molar-refractivity contribution in [2.45, 2.75) is 64.3 Å². The summed E-state index contributed by atoms with van der Waals surface area (Å²) in [5.74, 6) is 8.60. The molecule has 0 saturated heterocycles. The molecular weight excluding hydrogens is 728 g/mol. The Balaban J connectivity index is 1.47. The van der Waals surface area contributed by atoms with E-state index in [1.807, 2.05) is 42.5 Å².